The first-order valence-corrected chi connectivity index (χ1v) is 12.0. The first-order chi connectivity index (χ1) is 14.7. The molecular weight excluding hydrogens is 374 g/mol. The fraction of sp³-hybridized carbons (Fsp3) is 0.500. The maximum absolute atomic E-state index is 4.25. The molecule has 0 aliphatic rings. The molecule has 1 aromatic heterocycles. The van der Waals surface area contributed by atoms with Crippen LogP contribution in [0.25, 0.3) is 0 Å². The number of nitrogens with zero attached hydrogens (tertiary/aromatic N) is 1. The molecule has 2 aromatic rings. The maximum atomic E-state index is 4.25. The highest BCUT2D eigenvalue weighted by Crippen LogP contribution is 2.51. The number of pyridine rings is 1. The van der Waals surface area contributed by atoms with Crippen molar-refractivity contribution in [2.45, 2.75) is 72.6 Å². The minimum Gasteiger partial charge on any atom is -0.265 e. The summed E-state index contributed by atoms with van der Waals surface area (Å²) in [6, 6.07) is 15.6. The normalized spacial score (nSPS) is 18.8. The largest absolute Gasteiger partial charge is 0.265 e. The van der Waals surface area contributed by atoms with Gasteiger partial charge in [-0.15, -0.1) is 0 Å². The summed E-state index contributed by atoms with van der Waals surface area (Å²) in [4.78, 5) is 4.25. The first-order valence-electron chi connectivity index (χ1n) is 12.0. The molecule has 1 heteroatoms. The molecule has 1 nitrogen and oxygen atoms in total. The van der Waals surface area contributed by atoms with Gasteiger partial charge >= 0.3 is 0 Å². The van der Waals surface area contributed by atoms with E-state index in [1.165, 1.54) is 11.1 Å². The van der Waals surface area contributed by atoms with E-state index in [0.717, 1.165) is 12.8 Å². The zero-order valence-corrected chi connectivity index (χ0v) is 20.8. The number of allylic oxidation sites excluding steroid dienone is 3. The van der Waals surface area contributed by atoms with Gasteiger partial charge in [-0.05, 0) is 70.6 Å². The quantitative estimate of drug-likeness (QED) is 0.333. The monoisotopic (exact) mass is 417 g/mol. The van der Waals surface area contributed by atoms with Crippen molar-refractivity contribution in [3.63, 3.8) is 0 Å². The Hall–Kier alpha value is -2.15. The highest BCUT2D eigenvalue weighted by molar-refractivity contribution is 5.29. The second kappa shape index (κ2) is 10.9. The van der Waals surface area contributed by atoms with Gasteiger partial charge in [-0.1, -0.05) is 104 Å². The van der Waals surface area contributed by atoms with Gasteiger partial charge in [0.05, 0.1) is 0 Å². The third kappa shape index (κ3) is 5.56. The second-order valence-electron chi connectivity index (χ2n) is 10.1. The summed E-state index contributed by atoms with van der Waals surface area (Å²) < 4.78 is 0. The highest BCUT2D eigenvalue weighted by Gasteiger charge is 2.46. The molecule has 0 radical (unpaired) electrons. The van der Waals surface area contributed by atoms with Crippen LogP contribution in [0.3, 0.4) is 0 Å². The van der Waals surface area contributed by atoms with Gasteiger partial charge in [0.25, 0.3) is 0 Å². The molecule has 0 spiro atoms. The van der Waals surface area contributed by atoms with Crippen LogP contribution in [0.2, 0.25) is 0 Å². The van der Waals surface area contributed by atoms with Crippen molar-refractivity contribution in [2.75, 3.05) is 0 Å². The van der Waals surface area contributed by atoms with E-state index in [4.69, 9.17) is 0 Å². The fourth-order valence-corrected chi connectivity index (χ4v) is 5.33. The molecule has 0 saturated carbocycles. The summed E-state index contributed by atoms with van der Waals surface area (Å²) in [7, 11) is 0. The van der Waals surface area contributed by atoms with Crippen LogP contribution in [-0.4, -0.2) is 4.98 Å². The van der Waals surface area contributed by atoms with Gasteiger partial charge in [0, 0.05) is 12.4 Å². The lowest BCUT2D eigenvalue weighted by Crippen LogP contribution is -2.45. The van der Waals surface area contributed by atoms with Crippen molar-refractivity contribution in [3.05, 3.63) is 90.8 Å². The molecule has 0 bridgehead atoms. The van der Waals surface area contributed by atoms with E-state index in [1.807, 2.05) is 18.5 Å². The standard InChI is InChI=1S/C30H43N/c1-9-11-19-29(7,10-2)25(6)30(8,27-15-13-12-14-16-27)24(5)22-28(23(3)4)26-17-20-31-21-18-26/h9,11-21,23-25,28H,1,10,22H2,2-8H3/b19-11+. The predicted molar refractivity (Wildman–Crippen MR) is 136 cm³/mol. The van der Waals surface area contributed by atoms with Crippen LogP contribution in [0.15, 0.2) is 79.7 Å². The molecule has 5 unspecified atom stereocenters. The lowest BCUT2D eigenvalue weighted by molar-refractivity contribution is 0.0989. The van der Waals surface area contributed by atoms with E-state index in [1.54, 1.807) is 0 Å². The molecule has 168 valence electrons. The SMILES string of the molecule is C=C/C=C/C(C)(CC)C(C)C(C)(c1ccccc1)C(C)CC(c1ccncc1)C(C)C. The van der Waals surface area contributed by atoms with Crippen LogP contribution >= 0.6 is 0 Å². The Morgan fingerprint density at radius 1 is 0.968 bits per heavy atom. The minimum atomic E-state index is 0.0394. The number of aromatic nitrogens is 1. The summed E-state index contributed by atoms with van der Waals surface area (Å²) in [5.74, 6) is 2.07. The van der Waals surface area contributed by atoms with Crippen LogP contribution in [0.4, 0.5) is 0 Å². The topological polar surface area (TPSA) is 12.9 Å². The zero-order chi connectivity index (χ0) is 23.1. The summed E-state index contributed by atoms with van der Waals surface area (Å²) in [6.45, 7) is 20.8. The van der Waals surface area contributed by atoms with Gasteiger partial charge in [-0.25, -0.2) is 0 Å². The van der Waals surface area contributed by atoms with E-state index in [-0.39, 0.29) is 10.8 Å². The Kier molecular flexibility index (Phi) is 8.86. The maximum Gasteiger partial charge on any atom is 0.0270 e. The van der Waals surface area contributed by atoms with Crippen molar-refractivity contribution >= 4 is 0 Å². The Morgan fingerprint density at radius 2 is 1.58 bits per heavy atom. The summed E-state index contributed by atoms with van der Waals surface area (Å²) >= 11 is 0. The van der Waals surface area contributed by atoms with Crippen molar-refractivity contribution < 1.29 is 0 Å². The molecule has 1 heterocycles. The summed E-state index contributed by atoms with van der Waals surface area (Å²) in [5.41, 5.74) is 2.98. The summed E-state index contributed by atoms with van der Waals surface area (Å²) in [6.07, 6.45) is 12.5. The average Bonchev–Trinajstić information content (AvgIpc) is 2.80. The lowest BCUT2D eigenvalue weighted by Gasteiger charge is -2.50. The average molecular weight is 418 g/mol. The molecule has 0 saturated heterocycles. The molecule has 0 amide bonds. The van der Waals surface area contributed by atoms with Gasteiger partial charge in [0.1, 0.15) is 0 Å². The Balaban J connectivity index is 2.52. The molecule has 2 rings (SSSR count). The van der Waals surface area contributed by atoms with E-state index < -0.39 is 0 Å². The van der Waals surface area contributed by atoms with Crippen LogP contribution in [0, 0.1) is 23.2 Å². The van der Waals surface area contributed by atoms with Crippen LogP contribution in [0.5, 0.6) is 0 Å². The predicted octanol–water partition coefficient (Wildman–Crippen LogP) is 8.60. The van der Waals surface area contributed by atoms with Gasteiger partial charge in [0.2, 0.25) is 0 Å². The number of rotatable bonds is 11. The number of benzene rings is 1. The van der Waals surface area contributed by atoms with Gasteiger partial charge in [0.15, 0.2) is 0 Å². The number of hydrogen-bond donors (Lipinski definition) is 0. The van der Waals surface area contributed by atoms with Crippen molar-refractivity contribution in [3.8, 4) is 0 Å². The first kappa shape index (κ1) is 25.1. The molecular formula is C30H43N. The van der Waals surface area contributed by atoms with E-state index in [9.17, 15) is 0 Å². The number of hydrogen-bond acceptors (Lipinski definition) is 1. The third-order valence-corrected chi connectivity index (χ3v) is 8.23. The lowest BCUT2D eigenvalue weighted by atomic mass is 9.54. The van der Waals surface area contributed by atoms with Gasteiger partial charge < -0.3 is 0 Å². The molecule has 5 atom stereocenters. The van der Waals surface area contributed by atoms with Crippen LogP contribution in [0.1, 0.15) is 78.4 Å². The fourth-order valence-electron chi connectivity index (χ4n) is 5.33. The van der Waals surface area contributed by atoms with Gasteiger partial charge in [-0.3, -0.25) is 4.98 Å². The van der Waals surface area contributed by atoms with E-state index in [0.29, 0.717) is 23.7 Å². The Morgan fingerprint density at radius 3 is 2.10 bits per heavy atom. The molecule has 0 fully saturated rings. The molecule has 31 heavy (non-hydrogen) atoms. The highest BCUT2D eigenvalue weighted by atomic mass is 14.6. The van der Waals surface area contributed by atoms with Crippen LogP contribution in [-0.2, 0) is 5.41 Å². The van der Waals surface area contributed by atoms with Crippen molar-refractivity contribution in [1.82, 2.24) is 4.98 Å². The Labute approximate surface area is 191 Å². The zero-order valence-electron chi connectivity index (χ0n) is 20.8. The van der Waals surface area contributed by atoms with Crippen molar-refractivity contribution in [1.29, 1.82) is 0 Å². The van der Waals surface area contributed by atoms with E-state index >= 15 is 0 Å². The minimum absolute atomic E-state index is 0.0394. The molecule has 0 aliphatic heterocycles. The van der Waals surface area contributed by atoms with Gasteiger partial charge in [-0.2, -0.15) is 0 Å². The molecule has 1 aromatic carbocycles. The van der Waals surface area contributed by atoms with Crippen molar-refractivity contribution in [2.24, 2.45) is 23.2 Å². The summed E-state index contributed by atoms with van der Waals surface area (Å²) in [5, 5.41) is 0. The van der Waals surface area contributed by atoms with E-state index in [2.05, 4.69) is 115 Å². The Bertz CT molecular complexity index is 822. The molecule has 0 N–H and O–H groups in total. The molecule has 0 aliphatic carbocycles. The smallest absolute Gasteiger partial charge is 0.0270 e. The van der Waals surface area contributed by atoms with Crippen LogP contribution < -0.4 is 0 Å². The second-order valence-corrected chi connectivity index (χ2v) is 10.1. The third-order valence-electron chi connectivity index (χ3n) is 8.23.